The van der Waals surface area contributed by atoms with Gasteiger partial charge in [0, 0.05) is 23.9 Å². The van der Waals surface area contributed by atoms with Crippen molar-refractivity contribution in [1.29, 1.82) is 0 Å². The zero-order chi connectivity index (χ0) is 29.7. The highest BCUT2D eigenvalue weighted by Gasteiger charge is 2.62. The zero-order valence-electron chi connectivity index (χ0n) is 23.7. The Balaban J connectivity index is 1.38. The maximum Gasteiger partial charge on any atom is 0.411 e. The lowest BCUT2D eigenvalue weighted by atomic mass is 10.1. The number of likely N-dealkylation sites (tertiary alicyclic amines) is 1. The summed E-state index contributed by atoms with van der Waals surface area (Å²) in [5, 5.41) is 3.95. The monoisotopic (exact) mass is 584 g/mol. The predicted octanol–water partition coefficient (Wildman–Crippen LogP) is 2.97. The van der Waals surface area contributed by atoms with Gasteiger partial charge in [0.2, 0.25) is 21.8 Å². The van der Waals surface area contributed by atoms with E-state index in [9.17, 15) is 22.8 Å². The first-order chi connectivity index (χ1) is 19.2. The summed E-state index contributed by atoms with van der Waals surface area (Å²) in [6.45, 7) is 11.0. The number of ether oxygens (including phenoxy) is 2. The van der Waals surface area contributed by atoms with Crippen molar-refractivity contribution in [2.45, 2.75) is 81.9 Å². The fraction of sp³-hybridized carbons (Fsp3) is 0.517. The number of rotatable bonds is 8. The molecule has 1 aromatic carbocycles. The minimum Gasteiger partial charge on any atom is -0.472 e. The van der Waals surface area contributed by atoms with E-state index in [-0.39, 0.29) is 19.4 Å². The molecule has 11 nitrogen and oxygen atoms in total. The summed E-state index contributed by atoms with van der Waals surface area (Å²) in [7, 11) is -3.82. The molecule has 2 heterocycles. The lowest BCUT2D eigenvalue weighted by Gasteiger charge is -2.29. The fourth-order valence-electron chi connectivity index (χ4n) is 5.26. The number of amides is 3. The molecule has 0 bridgehead atoms. The molecule has 0 spiro atoms. The number of hydrogen-bond acceptors (Lipinski definition) is 8. The van der Waals surface area contributed by atoms with E-state index in [0.29, 0.717) is 18.7 Å². The van der Waals surface area contributed by atoms with Crippen LogP contribution >= 0.6 is 0 Å². The first kappa shape index (κ1) is 28.8. The zero-order valence-corrected chi connectivity index (χ0v) is 24.5. The first-order valence-electron chi connectivity index (χ1n) is 13.8. The third kappa shape index (κ3) is 5.88. The van der Waals surface area contributed by atoms with Gasteiger partial charge in [0.05, 0.1) is 11.8 Å². The lowest BCUT2D eigenvalue weighted by Crippen LogP contribution is -2.56. The topological polar surface area (TPSA) is 144 Å². The van der Waals surface area contributed by atoms with E-state index >= 15 is 0 Å². The van der Waals surface area contributed by atoms with Gasteiger partial charge in [0.15, 0.2) is 0 Å². The van der Waals surface area contributed by atoms with Crippen molar-refractivity contribution in [1.82, 2.24) is 19.9 Å². The average Bonchev–Trinajstić information content (AvgIpc) is 3.80. The Bertz CT molecular complexity index is 1510. The molecule has 2 aromatic rings. The average molecular weight is 585 g/mol. The van der Waals surface area contributed by atoms with E-state index in [1.807, 2.05) is 31.2 Å². The van der Waals surface area contributed by atoms with Crippen LogP contribution in [0.25, 0.3) is 10.8 Å². The Morgan fingerprint density at radius 3 is 2.54 bits per heavy atom. The minimum atomic E-state index is -3.82. The Morgan fingerprint density at radius 1 is 1.17 bits per heavy atom. The molecule has 3 aliphatic rings. The second-order valence-electron chi connectivity index (χ2n) is 12.1. The summed E-state index contributed by atoms with van der Waals surface area (Å²) in [5.41, 5.74) is -1.22. The van der Waals surface area contributed by atoms with Gasteiger partial charge in [-0.15, -0.1) is 6.58 Å². The van der Waals surface area contributed by atoms with Crippen LogP contribution in [-0.4, -0.2) is 71.3 Å². The van der Waals surface area contributed by atoms with Gasteiger partial charge in [-0.25, -0.2) is 18.2 Å². The normalized spacial score (nSPS) is 25.9. The molecule has 3 fully saturated rings. The molecular formula is C29H36N4O7S. The predicted molar refractivity (Wildman–Crippen MR) is 152 cm³/mol. The van der Waals surface area contributed by atoms with Crippen LogP contribution in [-0.2, 0) is 24.3 Å². The number of aromatic nitrogens is 1. The molecule has 1 saturated heterocycles. The number of nitrogens with one attached hydrogen (secondary N) is 2. The van der Waals surface area contributed by atoms with Gasteiger partial charge >= 0.3 is 6.09 Å². The molecule has 12 heteroatoms. The number of carbonyl (C=O) groups is 3. The van der Waals surface area contributed by atoms with Crippen molar-refractivity contribution < 1.29 is 32.3 Å². The van der Waals surface area contributed by atoms with Crippen LogP contribution < -0.4 is 14.8 Å². The van der Waals surface area contributed by atoms with E-state index in [1.54, 1.807) is 27.0 Å². The van der Waals surface area contributed by atoms with Crippen LogP contribution in [0.2, 0.25) is 0 Å². The highest BCUT2D eigenvalue weighted by molar-refractivity contribution is 7.91. The molecule has 0 radical (unpaired) electrons. The van der Waals surface area contributed by atoms with Gasteiger partial charge in [-0.1, -0.05) is 18.2 Å². The fourth-order valence-corrected chi connectivity index (χ4v) is 6.63. The molecule has 2 aliphatic carbocycles. The van der Waals surface area contributed by atoms with E-state index in [0.717, 1.165) is 16.3 Å². The SMILES string of the molecule is C=C[C@@H]1C[C@]1(NC(=O)C1C[C@@H](Oc2nccc3c(C)cccc23)CN1C(=O)OC(C)(C)C)C(=O)NS(=O)(=O)C1CC1. The van der Waals surface area contributed by atoms with E-state index < -0.39 is 62.4 Å². The Morgan fingerprint density at radius 2 is 1.90 bits per heavy atom. The summed E-state index contributed by atoms with van der Waals surface area (Å²) < 4.78 is 38.9. The van der Waals surface area contributed by atoms with Crippen LogP contribution in [0.1, 0.15) is 52.0 Å². The number of carbonyl (C=O) groups excluding carboxylic acids is 3. The number of aryl methyl sites for hydroxylation is 1. The molecule has 1 aliphatic heterocycles. The van der Waals surface area contributed by atoms with Gasteiger partial charge in [-0.3, -0.25) is 19.2 Å². The van der Waals surface area contributed by atoms with Crippen molar-refractivity contribution >= 4 is 38.7 Å². The summed E-state index contributed by atoms with van der Waals surface area (Å²) in [4.78, 5) is 45.8. The van der Waals surface area contributed by atoms with Crippen molar-refractivity contribution in [3.63, 3.8) is 0 Å². The van der Waals surface area contributed by atoms with Gasteiger partial charge in [-0.2, -0.15) is 0 Å². The highest BCUT2D eigenvalue weighted by atomic mass is 32.2. The summed E-state index contributed by atoms with van der Waals surface area (Å²) in [6, 6.07) is 6.67. The third-order valence-corrected chi connectivity index (χ3v) is 9.53. The van der Waals surface area contributed by atoms with E-state index in [2.05, 4.69) is 21.6 Å². The van der Waals surface area contributed by atoms with Crippen molar-refractivity contribution in [3.8, 4) is 5.88 Å². The molecule has 3 amide bonds. The van der Waals surface area contributed by atoms with Crippen LogP contribution in [0.3, 0.4) is 0 Å². The van der Waals surface area contributed by atoms with Gasteiger partial charge in [0.1, 0.15) is 23.3 Å². The summed E-state index contributed by atoms with van der Waals surface area (Å²) in [6.07, 6.45) is 3.18. The van der Waals surface area contributed by atoms with E-state index in [1.165, 1.54) is 11.0 Å². The Hall–Kier alpha value is -3.67. The maximum atomic E-state index is 13.7. The summed E-state index contributed by atoms with van der Waals surface area (Å²) >= 11 is 0. The minimum absolute atomic E-state index is 0.0526. The van der Waals surface area contributed by atoms with Crippen LogP contribution in [0.15, 0.2) is 43.1 Å². The van der Waals surface area contributed by atoms with E-state index in [4.69, 9.17) is 9.47 Å². The molecule has 220 valence electrons. The molecule has 1 aromatic heterocycles. The largest absolute Gasteiger partial charge is 0.472 e. The summed E-state index contributed by atoms with van der Waals surface area (Å²) in [5.74, 6) is -1.47. The lowest BCUT2D eigenvalue weighted by molar-refractivity contribution is -0.131. The smallest absolute Gasteiger partial charge is 0.411 e. The molecule has 1 unspecified atom stereocenters. The van der Waals surface area contributed by atoms with Crippen molar-refractivity contribution in [2.75, 3.05) is 6.54 Å². The molecule has 2 N–H and O–H groups in total. The van der Waals surface area contributed by atoms with Crippen LogP contribution in [0.5, 0.6) is 5.88 Å². The second kappa shape index (κ2) is 10.3. The molecule has 41 heavy (non-hydrogen) atoms. The quantitative estimate of drug-likeness (QED) is 0.451. The molecule has 5 rings (SSSR count). The number of hydrogen-bond donors (Lipinski definition) is 2. The first-order valence-corrected chi connectivity index (χ1v) is 15.3. The molecule has 2 saturated carbocycles. The number of fused-ring (bicyclic) bond motifs is 1. The van der Waals surface area contributed by atoms with Crippen LogP contribution in [0, 0.1) is 12.8 Å². The molecule has 4 atom stereocenters. The number of benzene rings is 1. The number of sulfonamides is 1. The molecular weight excluding hydrogens is 548 g/mol. The number of nitrogens with zero attached hydrogens (tertiary/aromatic N) is 2. The highest BCUT2D eigenvalue weighted by Crippen LogP contribution is 2.45. The second-order valence-corrected chi connectivity index (χ2v) is 14.1. The third-order valence-electron chi connectivity index (χ3n) is 7.71. The number of pyridine rings is 1. The van der Waals surface area contributed by atoms with Gasteiger partial charge < -0.3 is 14.8 Å². The van der Waals surface area contributed by atoms with Crippen LogP contribution in [0.4, 0.5) is 4.79 Å². The van der Waals surface area contributed by atoms with Gasteiger partial charge in [0.25, 0.3) is 5.91 Å². The Kier molecular flexibility index (Phi) is 7.25. The van der Waals surface area contributed by atoms with Gasteiger partial charge in [-0.05, 0) is 70.0 Å². The Labute approximate surface area is 239 Å². The maximum absolute atomic E-state index is 13.7. The van der Waals surface area contributed by atoms with Crippen molar-refractivity contribution in [2.24, 2.45) is 5.92 Å². The van der Waals surface area contributed by atoms with Crippen molar-refractivity contribution in [3.05, 3.63) is 48.7 Å². The standard InChI is InChI=1S/C29H36N4O7S/c1-6-18-15-29(18,26(35)32-41(37,38)20-10-11-20)31-24(34)23-14-19(16-33(23)27(36)40-28(3,4)5)39-25-22-9-7-8-17(2)21(22)12-13-30-25/h6-9,12-13,18-20,23H,1,10-11,14-16H2,2-5H3,(H,31,34)(H,32,35)/t18-,19-,23?,29-/m1/s1.